The second-order valence-corrected chi connectivity index (χ2v) is 5.10. The Bertz CT molecular complexity index is 270. The van der Waals surface area contributed by atoms with Crippen molar-refractivity contribution in [3.8, 4) is 0 Å². The third-order valence-electron chi connectivity index (χ3n) is 4.10. The average Bonchev–Trinajstić information content (AvgIpc) is 2.60. The number of aliphatic hydroxyl groups is 1. The Kier molecular flexibility index (Phi) is 3.38. The number of likely N-dealkylation sites (N-methyl/N-ethyl adjacent to an activating group) is 1. The van der Waals surface area contributed by atoms with Gasteiger partial charge in [-0.2, -0.15) is 0 Å². The van der Waals surface area contributed by atoms with Crippen molar-refractivity contribution in [2.24, 2.45) is 5.92 Å². The second kappa shape index (κ2) is 4.62. The highest BCUT2D eigenvalue weighted by atomic mass is 16.3. The first-order chi connectivity index (χ1) is 7.63. The molecule has 2 aliphatic rings. The molecule has 0 bridgehead atoms. The lowest BCUT2D eigenvalue weighted by Gasteiger charge is -2.39. The molecule has 0 aromatic rings. The Hall–Kier alpha value is -0.770. The van der Waals surface area contributed by atoms with Gasteiger partial charge in [0.2, 0.25) is 0 Å². The number of urea groups is 1. The second-order valence-electron chi connectivity index (χ2n) is 5.10. The van der Waals surface area contributed by atoms with Crippen LogP contribution in [-0.2, 0) is 0 Å². The summed E-state index contributed by atoms with van der Waals surface area (Å²) in [6, 6.07) is 0.392. The fourth-order valence-corrected chi connectivity index (χ4v) is 3.02. The van der Waals surface area contributed by atoms with Gasteiger partial charge in [0.15, 0.2) is 0 Å². The smallest absolute Gasteiger partial charge is 0.320 e. The van der Waals surface area contributed by atoms with Crippen LogP contribution in [0, 0.1) is 5.92 Å². The summed E-state index contributed by atoms with van der Waals surface area (Å²) in [5.41, 5.74) is 0. The third-order valence-corrected chi connectivity index (χ3v) is 4.10. The van der Waals surface area contributed by atoms with Gasteiger partial charge in [-0.1, -0.05) is 13.3 Å². The number of aliphatic hydroxyl groups excluding tert-OH is 1. The molecule has 0 radical (unpaired) electrons. The molecule has 0 aromatic heterocycles. The molecule has 1 heterocycles. The van der Waals surface area contributed by atoms with Crippen LogP contribution in [0.5, 0.6) is 0 Å². The van der Waals surface area contributed by atoms with E-state index in [1.807, 2.05) is 11.9 Å². The van der Waals surface area contributed by atoms with Crippen LogP contribution in [0.4, 0.5) is 4.79 Å². The number of carbonyl (C=O) groups excluding carboxylic acids is 1. The molecule has 16 heavy (non-hydrogen) atoms. The fraction of sp³-hybridized carbons (Fsp3) is 0.917. The molecule has 3 atom stereocenters. The first kappa shape index (κ1) is 11.7. The summed E-state index contributed by atoms with van der Waals surface area (Å²) in [5.74, 6) is 0.568. The highest BCUT2D eigenvalue weighted by Gasteiger charge is 2.38. The zero-order chi connectivity index (χ0) is 11.7. The Morgan fingerprint density at radius 2 is 2.12 bits per heavy atom. The first-order valence-corrected chi connectivity index (χ1v) is 6.33. The summed E-state index contributed by atoms with van der Waals surface area (Å²) in [6.07, 6.45) is 3.59. The monoisotopic (exact) mass is 226 g/mol. The minimum atomic E-state index is -0.216. The maximum atomic E-state index is 11.9. The van der Waals surface area contributed by atoms with Gasteiger partial charge in [0, 0.05) is 26.2 Å². The minimum Gasteiger partial charge on any atom is -0.393 e. The van der Waals surface area contributed by atoms with Gasteiger partial charge < -0.3 is 14.9 Å². The van der Waals surface area contributed by atoms with Crippen LogP contribution in [0.1, 0.15) is 32.6 Å². The number of nitrogens with zero attached hydrogens (tertiary/aromatic N) is 2. The molecule has 0 aromatic carbocycles. The van der Waals surface area contributed by atoms with Crippen molar-refractivity contribution in [1.82, 2.24) is 9.80 Å². The van der Waals surface area contributed by atoms with Crippen LogP contribution >= 0.6 is 0 Å². The lowest BCUT2D eigenvalue weighted by Crippen LogP contribution is -2.47. The quantitative estimate of drug-likeness (QED) is 0.771. The van der Waals surface area contributed by atoms with Crippen LogP contribution in [-0.4, -0.2) is 53.2 Å². The predicted molar refractivity (Wildman–Crippen MR) is 62.2 cm³/mol. The molecular weight excluding hydrogens is 204 g/mol. The minimum absolute atomic E-state index is 0.137. The SMILES string of the molecule is CCC1CCC(O)CC1N1CCN(C)C1=O. The molecule has 1 saturated heterocycles. The first-order valence-electron chi connectivity index (χ1n) is 6.33. The van der Waals surface area contributed by atoms with E-state index in [0.29, 0.717) is 5.92 Å². The van der Waals surface area contributed by atoms with Crippen molar-refractivity contribution in [3.63, 3.8) is 0 Å². The van der Waals surface area contributed by atoms with Crippen LogP contribution in [0.3, 0.4) is 0 Å². The normalized spacial score (nSPS) is 35.9. The van der Waals surface area contributed by atoms with E-state index in [1.165, 1.54) is 0 Å². The molecule has 2 rings (SSSR count). The van der Waals surface area contributed by atoms with E-state index in [1.54, 1.807) is 4.90 Å². The van der Waals surface area contributed by atoms with Gasteiger partial charge in [0.25, 0.3) is 0 Å². The van der Waals surface area contributed by atoms with Gasteiger partial charge in [0.1, 0.15) is 0 Å². The number of hydrogen-bond acceptors (Lipinski definition) is 2. The van der Waals surface area contributed by atoms with Gasteiger partial charge in [-0.05, 0) is 25.2 Å². The van der Waals surface area contributed by atoms with E-state index in [4.69, 9.17) is 0 Å². The van der Waals surface area contributed by atoms with Gasteiger partial charge in [-0.25, -0.2) is 4.79 Å². The molecular formula is C12H22N2O2. The topological polar surface area (TPSA) is 43.8 Å². The van der Waals surface area contributed by atoms with Gasteiger partial charge >= 0.3 is 6.03 Å². The number of carbonyl (C=O) groups is 1. The molecule has 2 amide bonds. The van der Waals surface area contributed by atoms with Crippen LogP contribution < -0.4 is 0 Å². The number of rotatable bonds is 2. The molecule has 0 spiro atoms. The molecule has 92 valence electrons. The Balaban J connectivity index is 2.08. The fourth-order valence-electron chi connectivity index (χ4n) is 3.02. The summed E-state index contributed by atoms with van der Waals surface area (Å²) in [5, 5.41) is 9.75. The molecule has 1 aliphatic carbocycles. The van der Waals surface area contributed by atoms with Crippen molar-refractivity contribution in [3.05, 3.63) is 0 Å². The standard InChI is InChI=1S/C12H22N2O2/c1-3-9-4-5-10(15)8-11(9)14-7-6-13(2)12(14)16/h9-11,15H,3-8H2,1-2H3. The van der Waals surface area contributed by atoms with Crippen LogP contribution in [0.15, 0.2) is 0 Å². The lowest BCUT2D eigenvalue weighted by atomic mass is 9.80. The zero-order valence-electron chi connectivity index (χ0n) is 10.2. The Morgan fingerprint density at radius 1 is 1.38 bits per heavy atom. The summed E-state index contributed by atoms with van der Waals surface area (Å²) in [4.78, 5) is 15.7. The number of hydrogen-bond donors (Lipinski definition) is 1. The van der Waals surface area contributed by atoms with Crippen molar-refractivity contribution >= 4 is 6.03 Å². The van der Waals surface area contributed by atoms with Crippen molar-refractivity contribution in [1.29, 1.82) is 0 Å². The molecule has 3 unspecified atom stereocenters. The summed E-state index contributed by atoms with van der Waals surface area (Å²) in [7, 11) is 1.85. The molecule has 1 aliphatic heterocycles. The Morgan fingerprint density at radius 3 is 2.69 bits per heavy atom. The van der Waals surface area contributed by atoms with E-state index in [2.05, 4.69) is 6.92 Å². The van der Waals surface area contributed by atoms with E-state index in [0.717, 1.165) is 38.8 Å². The third kappa shape index (κ3) is 2.03. The molecule has 4 heteroatoms. The molecule has 1 saturated carbocycles. The summed E-state index contributed by atoms with van der Waals surface area (Å²) >= 11 is 0. The maximum absolute atomic E-state index is 11.9. The van der Waals surface area contributed by atoms with E-state index < -0.39 is 0 Å². The summed E-state index contributed by atoms with van der Waals surface area (Å²) < 4.78 is 0. The van der Waals surface area contributed by atoms with Crippen LogP contribution in [0.2, 0.25) is 0 Å². The van der Waals surface area contributed by atoms with E-state index in [-0.39, 0.29) is 18.2 Å². The highest BCUT2D eigenvalue weighted by Crippen LogP contribution is 2.32. The van der Waals surface area contributed by atoms with Crippen LogP contribution in [0.25, 0.3) is 0 Å². The van der Waals surface area contributed by atoms with Gasteiger partial charge in [-0.15, -0.1) is 0 Å². The van der Waals surface area contributed by atoms with Crippen molar-refractivity contribution in [2.45, 2.75) is 44.8 Å². The van der Waals surface area contributed by atoms with Gasteiger partial charge in [-0.3, -0.25) is 0 Å². The largest absolute Gasteiger partial charge is 0.393 e. The number of amides is 2. The highest BCUT2D eigenvalue weighted by molar-refractivity contribution is 5.76. The average molecular weight is 226 g/mol. The van der Waals surface area contributed by atoms with Crippen molar-refractivity contribution < 1.29 is 9.90 Å². The molecule has 1 N–H and O–H groups in total. The lowest BCUT2D eigenvalue weighted by molar-refractivity contribution is 0.0467. The predicted octanol–water partition coefficient (Wildman–Crippen LogP) is 1.29. The molecule has 4 nitrogen and oxygen atoms in total. The van der Waals surface area contributed by atoms with E-state index in [9.17, 15) is 9.90 Å². The maximum Gasteiger partial charge on any atom is 0.320 e. The van der Waals surface area contributed by atoms with Gasteiger partial charge in [0.05, 0.1) is 6.10 Å². The zero-order valence-corrected chi connectivity index (χ0v) is 10.2. The van der Waals surface area contributed by atoms with Crippen molar-refractivity contribution in [2.75, 3.05) is 20.1 Å². The summed E-state index contributed by atoms with van der Waals surface area (Å²) in [6.45, 7) is 3.82. The van der Waals surface area contributed by atoms with E-state index >= 15 is 0 Å². The Labute approximate surface area is 97.2 Å². The molecule has 2 fully saturated rings.